The van der Waals surface area contributed by atoms with E-state index in [4.69, 9.17) is 0 Å². The van der Waals surface area contributed by atoms with Gasteiger partial charge in [0.2, 0.25) is 0 Å². The Labute approximate surface area is 167 Å². The van der Waals surface area contributed by atoms with Gasteiger partial charge in [-0.2, -0.15) is 26.3 Å². The van der Waals surface area contributed by atoms with Crippen molar-refractivity contribution in [3.05, 3.63) is 47.0 Å². The zero-order valence-corrected chi connectivity index (χ0v) is 15.3. The summed E-state index contributed by atoms with van der Waals surface area (Å²) >= 11 is 0. The molecule has 0 saturated carbocycles. The lowest BCUT2D eigenvalue weighted by Crippen LogP contribution is -2.34. The molecule has 0 aliphatic carbocycles. The maximum atomic E-state index is 13.8. The molecule has 0 amide bonds. The summed E-state index contributed by atoms with van der Waals surface area (Å²) in [6.07, 6.45) is -18.9. The van der Waals surface area contributed by atoms with Crippen LogP contribution in [0.4, 0.5) is 52.7 Å². The van der Waals surface area contributed by atoms with E-state index in [2.05, 4.69) is 0 Å². The first-order valence-corrected chi connectivity index (χ1v) is 8.59. The molecule has 0 aliphatic heterocycles. The first kappa shape index (κ1) is 25.1. The van der Waals surface area contributed by atoms with Gasteiger partial charge in [0.05, 0.1) is 0 Å². The van der Waals surface area contributed by atoms with Crippen molar-refractivity contribution in [3.63, 3.8) is 0 Å². The highest BCUT2D eigenvalue weighted by molar-refractivity contribution is 5.88. The predicted molar refractivity (Wildman–Crippen MR) is 87.9 cm³/mol. The van der Waals surface area contributed by atoms with Crippen LogP contribution < -0.4 is 0 Å². The molecule has 2 aromatic rings. The number of hydrogen-bond donors (Lipinski definition) is 0. The molecular weight excluding hydrogens is 456 g/mol. The van der Waals surface area contributed by atoms with Gasteiger partial charge in [0.25, 0.3) is 0 Å². The Bertz CT molecular complexity index is 904. The Morgan fingerprint density at radius 1 is 0.581 bits per heavy atom. The molecule has 0 bridgehead atoms. The third-order valence-electron chi connectivity index (χ3n) is 4.58. The van der Waals surface area contributed by atoms with E-state index in [0.717, 1.165) is 12.1 Å². The average Bonchev–Trinajstić information content (AvgIpc) is 2.63. The van der Waals surface area contributed by atoms with Gasteiger partial charge < -0.3 is 0 Å². The summed E-state index contributed by atoms with van der Waals surface area (Å²) in [6.45, 7) is 0. The summed E-state index contributed by atoms with van der Waals surface area (Å²) in [5.41, 5.74) is -3.27. The molecule has 0 aliphatic rings. The zero-order valence-electron chi connectivity index (χ0n) is 15.3. The highest BCUT2D eigenvalue weighted by Gasteiger charge is 2.47. The average molecular weight is 470 g/mol. The molecule has 2 rings (SSSR count). The van der Waals surface area contributed by atoms with Crippen molar-refractivity contribution >= 4 is 10.8 Å². The van der Waals surface area contributed by atoms with E-state index in [0.29, 0.717) is 6.07 Å². The van der Waals surface area contributed by atoms with Gasteiger partial charge in [-0.15, -0.1) is 0 Å². The molecule has 0 N–H and O–H groups in total. The Morgan fingerprint density at radius 2 is 1.00 bits per heavy atom. The first-order chi connectivity index (χ1) is 14.1. The Balaban J connectivity index is 2.82. The minimum atomic E-state index is -4.92. The maximum absolute atomic E-state index is 13.8. The maximum Gasteiger partial charge on any atom is 0.311 e. The number of halogens is 12. The quantitative estimate of drug-likeness (QED) is 0.341. The molecule has 0 atom stereocenters. The Hall–Kier alpha value is -2.14. The molecule has 0 unspecified atom stereocenters. The fourth-order valence-electron chi connectivity index (χ4n) is 3.07. The summed E-state index contributed by atoms with van der Waals surface area (Å²) in [4.78, 5) is 0. The van der Waals surface area contributed by atoms with E-state index in [1.165, 1.54) is 12.1 Å². The molecular formula is C19H14F12. The fourth-order valence-corrected chi connectivity index (χ4v) is 3.07. The van der Waals surface area contributed by atoms with Gasteiger partial charge in [0.15, 0.2) is 0 Å². The third-order valence-corrected chi connectivity index (χ3v) is 4.58. The summed E-state index contributed by atoms with van der Waals surface area (Å²) in [6, 6.07) is 5.30. The van der Waals surface area contributed by atoms with E-state index >= 15 is 0 Å². The van der Waals surface area contributed by atoms with Crippen LogP contribution in [0.1, 0.15) is 16.7 Å². The topological polar surface area (TPSA) is 0 Å². The van der Waals surface area contributed by atoms with Gasteiger partial charge in [-0.3, -0.25) is 0 Å². The van der Waals surface area contributed by atoms with E-state index in [1.54, 1.807) is 0 Å². The van der Waals surface area contributed by atoms with Gasteiger partial charge in [0.1, 0.15) is 0 Å². The van der Waals surface area contributed by atoms with Crippen LogP contribution in [0.3, 0.4) is 0 Å². The van der Waals surface area contributed by atoms with Gasteiger partial charge in [0, 0.05) is 19.3 Å². The lowest BCUT2D eigenvalue weighted by molar-refractivity contribution is -0.132. The van der Waals surface area contributed by atoms with Crippen molar-refractivity contribution in [2.24, 2.45) is 0 Å². The van der Waals surface area contributed by atoms with Crippen molar-refractivity contribution in [2.75, 3.05) is 0 Å². The van der Waals surface area contributed by atoms with E-state index in [-0.39, 0.29) is 10.8 Å². The summed E-state index contributed by atoms with van der Waals surface area (Å²) in [5.74, 6) is -14.6. The van der Waals surface area contributed by atoms with Crippen molar-refractivity contribution in [3.8, 4) is 0 Å². The van der Waals surface area contributed by atoms with Crippen LogP contribution in [0.25, 0.3) is 10.8 Å². The number of fused-ring (bicyclic) bond motifs is 1. The van der Waals surface area contributed by atoms with Gasteiger partial charge in [-0.05, 0) is 27.5 Å². The lowest BCUT2D eigenvalue weighted by atomic mass is 9.85. The molecule has 12 heteroatoms. The largest absolute Gasteiger partial charge is 0.311 e. The first-order valence-electron chi connectivity index (χ1n) is 8.59. The smallest absolute Gasteiger partial charge is 0.204 e. The third kappa shape index (κ3) is 5.57. The van der Waals surface area contributed by atoms with Crippen LogP contribution >= 0.6 is 0 Å². The molecule has 0 nitrogen and oxygen atoms in total. The van der Waals surface area contributed by atoms with Crippen molar-refractivity contribution in [1.82, 2.24) is 0 Å². The van der Waals surface area contributed by atoms with Crippen LogP contribution in [0.5, 0.6) is 0 Å². The van der Waals surface area contributed by atoms with E-state index < -0.39 is 73.0 Å². The Morgan fingerprint density at radius 3 is 1.48 bits per heavy atom. The van der Waals surface area contributed by atoms with Crippen LogP contribution in [-0.4, -0.2) is 37.0 Å². The standard InChI is InChI=1S/C19H14F12/c20-14(21)17(26,27)6-10-5-9-3-1-2-4-11(9)13(8-19(30,31)16(24)25)12(10)7-18(28,29)15(22)23/h1-5,14-16H,6-8H2. The normalized spacial score (nSPS) is 13.8. The highest BCUT2D eigenvalue weighted by Crippen LogP contribution is 2.40. The number of rotatable bonds is 9. The molecule has 31 heavy (non-hydrogen) atoms. The molecule has 0 aromatic heterocycles. The molecule has 2 aromatic carbocycles. The monoisotopic (exact) mass is 470 g/mol. The van der Waals surface area contributed by atoms with Gasteiger partial charge in [-0.25, -0.2) is 26.3 Å². The zero-order chi connectivity index (χ0) is 23.8. The molecule has 0 spiro atoms. The molecule has 174 valence electrons. The second-order valence-electron chi connectivity index (χ2n) is 6.93. The lowest BCUT2D eigenvalue weighted by Gasteiger charge is -2.26. The van der Waals surface area contributed by atoms with Crippen LogP contribution in [0.15, 0.2) is 30.3 Å². The molecule has 0 fully saturated rings. The number of benzene rings is 2. The van der Waals surface area contributed by atoms with Gasteiger partial charge in [-0.1, -0.05) is 30.3 Å². The van der Waals surface area contributed by atoms with E-state index in [9.17, 15) is 52.7 Å². The SMILES string of the molecule is FC(F)C(F)(F)Cc1cc2ccccc2c(CC(F)(F)C(F)F)c1CC(F)(F)C(F)F. The van der Waals surface area contributed by atoms with Crippen LogP contribution in [0.2, 0.25) is 0 Å². The summed E-state index contributed by atoms with van der Waals surface area (Å²) in [5, 5.41) is -0.529. The fraction of sp³-hybridized carbons (Fsp3) is 0.474. The van der Waals surface area contributed by atoms with E-state index in [1.807, 2.05) is 0 Å². The minimum Gasteiger partial charge on any atom is -0.204 e. The van der Waals surface area contributed by atoms with Crippen LogP contribution in [0, 0.1) is 0 Å². The highest BCUT2D eigenvalue weighted by atomic mass is 19.3. The van der Waals surface area contributed by atoms with Crippen LogP contribution in [-0.2, 0) is 19.3 Å². The van der Waals surface area contributed by atoms with Crippen molar-refractivity contribution < 1.29 is 52.7 Å². The Kier molecular flexibility index (Phi) is 7.11. The molecule has 0 saturated heterocycles. The van der Waals surface area contributed by atoms with Crippen molar-refractivity contribution in [1.29, 1.82) is 0 Å². The summed E-state index contributed by atoms with van der Waals surface area (Å²) in [7, 11) is 0. The van der Waals surface area contributed by atoms with Gasteiger partial charge >= 0.3 is 37.0 Å². The second-order valence-corrected chi connectivity index (χ2v) is 6.93. The number of alkyl halides is 12. The minimum absolute atomic E-state index is 0.174. The second kappa shape index (κ2) is 8.78. The molecule has 0 heterocycles. The van der Waals surface area contributed by atoms with Crippen molar-refractivity contribution in [2.45, 2.75) is 56.3 Å². The molecule has 0 radical (unpaired) electrons. The number of hydrogen-bond acceptors (Lipinski definition) is 0. The predicted octanol–water partition coefficient (Wildman–Crippen LogP) is 7.17. The summed E-state index contributed by atoms with van der Waals surface area (Å²) < 4.78 is 159.